The van der Waals surface area contributed by atoms with E-state index in [1.54, 1.807) is 4.90 Å². The van der Waals surface area contributed by atoms with Crippen LogP contribution in [0.3, 0.4) is 0 Å². The minimum Gasteiger partial charge on any atom is -0.481 e. The first kappa shape index (κ1) is 49.9. The Balaban J connectivity index is 4.54. The predicted molar refractivity (Wildman–Crippen MR) is 221 cm³/mol. The summed E-state index contributed by atoms with van der Waals surface area (Å²) in [6.45, 7) is 5.85. The number of nitrogens with zero attached hydrogens (tertiary/aromatic N) is 2. The van der Waals surface area contributed by atoms with Crippen LogP contribution in [-0.2, 0) is 14.4 Å². The normalized spacial score (nSPS) is 13.0. The third-order valence-electron chi connectivity index (χ3n) is 10.4. The largest absolute Gasteiger partial charge is 0.481 e. The Morgan fingerprint density at radius 3 is 1.12 bits per heavy atom. The zero-order chi connectivity index (χ0) is 38.5. The lowest BCUT2D eigenvalue weighted by molar-refractivity contribution is -0.143. The Morgan fingerprint density at radius 2 is 0.788 bits per heavy atom. The molecule has 2 atom stereocenters. The van der Waals surface area contributed by atoms with Crippen molar-refractivity contribution < 1.29 is 24.6 Å². The second-order valence-corrected chi connectivity index (χ2v) is 15.6. The van der Waals surface area contributed by atoms with Crippen molar-refractivity contribution in [2.75, 3.05) is 33.7 Å². The maximum absolute atomic E-state index is 13.2. The van der Waals surface area contributed by atoms with Gasteiger partial charge in [0.2, 0.25) is 5.91 Å². The summed E-state index contributed by atoms with van der Waals surface area (Å²) in [6.07, 6.45) is 40.5. The Hall–Kier alpha value is -2.15. The fourth-order valence-electron chi connectivity index (χ4n) is 6.81. The van der Waals surface area contributed by atoms with Crippen LogP contribution in [0, 0.1) is 11.8 Å². The van der Waals surface area contributed by atoms with E-state index in [-0.39, 0.29) is 5.91 Å². The van der Waals surface area contributed by atoms with Gasteiger partial charge in [-0.05, 0) is 91.1 Å². The maximum Gasteiger partial charge on any atom is 0.306 e. The van der Waals surface area contributed by atoms with E-state index in [2.05, 4.69) is 38.2 Å². The van der Waals surface area contributed by atoms with Crippen molar-refractivity contribution >= 4 is 17.8 Å². The molecule has 2 N–H and O–H groups in total. The van der Waals surface area contributed by atoms with Gasteiger partial charge < -0.3 is 20.0 Å². The number of amides is 1. The Morgan fingerprint density at radius 1 is 0.462 bits per heavy atom. The van der Waals surface area contributed by atoms with Crippen molar-refractivity contribution in [3.8, 4) is 0 Å². The van der Waals surface area contributed by atoms with Crippen molar-refractivity contribution in [1.29, 1.82) is 0 Å². The second-order valence-electron chi connectivity index (χ2n) is 15.6. The summed E-state index contributed by atoms with van der Waals surface area (Å²) in [7, 11) is 3.86. The van der Waals surface area contributed by atoms with E-state index in [1.807, 2.05) is 19.0 Å². The lowest BCUT2D eigenvalue weighted by atomic mass is 9.95. The van der Waals surface area contributed by atoms with Crippen molar-refractivity contribution in [3.63, 3.8) is 0 Å². The molecular weight excluding hydrogens is 649 g/mol. The monoisotopic (exact) mass is 733 g/mol. The SMILES string of the molecule is CCCCCCCC/C=C\CCCCCCC(CCN(CCC(CCCCCC/C=C\CCCCCCCC)C(=O)O)C(=O)CCN(C)C)C(=O)O. The van der Waals surface area contributed by atoms with Crippen LogP contribution in [0.15, 0.2) is 24.3 Å². The van der Waals surface area contributed by atoms with Crippen LogP contribution >= 0.6 is 0 Å². The zero-order valence-corrected chi connectivity index (χ0v) is 34.6. The smallest absolute Gasteiger partial charge is 0.306 e. The van der Waals surface area contributed by atoms with Gasteiger partial charge in [-0.15, -0.1) is 0 Å². The Kier molecular flexibility index (Phi) is 35.6. The molecule has 0 aromatic heterocycles. The van der Waals surface area contributed by atoms with Gasteiger partial charge >= 0.3 is 11.9 Å². The molecule has 0 aliphatic heterocycles. The number of allylic oxidation sites excluding steroid dienone is 4. The molecule has 0 saturated carbocycles. The summed E-state index contributed by atoms with van der Waals surface area (Å²) in [5.41, 5.74) is 0. The number of hydrogen-bond donors (Lipinski definition) is 2. The molecule has 52 heavy (non-hydrogen) atoms. The molecule has 0 aliphatic carbocycles. The van der Waals surface area contributed by atoms with Crippen LogP contribution in [0.1, 0.15) is 200 Å². The summed E-state index contributed by atoms with van der Waals surface area (Å²) in [4.78, 5) is 41.2. The lowest BCUT2D eigenvalue weighted by Crippen LogP contribution is -2.37. The molecule has 0 radical (unpaired) electrons. The van der Waals surface area contributed by atoms with Crippen LogP contribution in [0.25, 0.3) is 0 Å². The second kappa shape index (κ2) is 37.2. The molecule has 0 saturated heterocycles. The minimum absolute atomic E-state index is 0.0175. The van der Waals surface area contributed by atoms with Crippen molar-refractivity contribution in [2.24, 2.45) is 11.8 Å². The Bertz CT molecular complexity index is 842. The number of carbonyl (C=O) groups excluding carboxylic acids is 1. The van der Waals surface area contributed by atoms with Gasteiger partial charge in [0.1, 0.15) is 0 Å². The molecule has 0 bridgehead atoms. The van der Waals surface area contributed by atoms with Crippen LogP contribution in [0.4, 0.5) is 0 Å². The number of carboxylic acid groups (broad SMARTS) is 2. The molecule has 0 aromatic carbocycles. The van der Waals surface area contributed by atoms with Gasteiger partial charge in [0.05, 0.1) is 11.8 Å². The zero-order valence-electron chi connectivity index (χ0n) is 34.6. The van der Waals surface area contributed by atoms with Crippen molar-refractivity contribution in [3.05, 3.63) is 24.3 Å². The maximum atomic E-state index is 13.2. The molecule has 7 heteroatoms. The summed E-state index contributed by atoms with van der Waals surface area (Å²) < 4.78 is 0. The third kappa shape index (κ3) is 32.5. The highest BCUT2D eigenvalue weighted by Crippen LogP contribution is 2.20. The predicted octanol–water partition coefficient (Wildman–Crippen LogP) is 12.2. The van der Waals surface area contributed by atoms with Gasteiger partial charge in [-0.25, -0.2) is 0 Å². The molecule has 0 spiro atoms. The number of unbranched alkanes of at least 4 members (excludes halogenated alkanes) is 20. The van der Waals surface area contributed by atoms with E-state index in [4.69, 9.17) is 0 Å². The topological polar surface area (TPSA) is 98.2 Å². The molecule has 0 fully saturated rings. The first-order valence-corrected chi connectivity index (χ1v) is 21.9. The molecule has 0 heterocycles. The van der Waals surface area contributed by atoms with E-state index < -0.39 is 23.8 Å². The molecule has 7 nitrogen and oxygen atoms in total. The molecular formula is C45H84N2O5. The van der Waals surface area contributed by atoms with E-state index in [0.29, 0.717) is 51.7 Å². The number of carbonyl (C=O) groups is 3. The molecule has 0 aliphatic rings. The summed E-state index contributed by atoms with van der Waals surface area (Å²) in [5.74, 6) is -2.58. The average molecular weight is 733 g/mol. The van der Waals surface area contributed by atoms with Crippen LogP contribution in [0.2, 0.25) is 0 Å². The molecule has 0 aromatic rings. The van der Waals surface area contributed by atoms with Gasteiger partial charge in [0.25, 0.3) is 0 Å². The van der Waals surface area contributed by atoms with Crippen LogP contribution in [-0.4, -0.2) is 71.6 Å². The first-order chi connectivity index (χ1) is 25.2. The van der Waals surface area contributed by atoms with Gasteiger partial charge in [0, 0.05) is 26.1 Å². The van der Waals surface area contributed by atoms with E-state index in [0.717, 1.165) is 64.2 Å². The van der Waals surface area contributed by atoms with Gasteiger partial charge in [-0.2, -0.15) is 0 Å². The van der Waals surface area contributed by atoms with E-state index in [9.17, 15) is 24.6 Å². The quantitative estimate of drug-likeness (QED) is 0.0482. The molecule has 304 valence electrons. The van der Waals surface area contributed by atoms with Crippen molar-refractivity contribution in [1.82, 2.24) is 9.80 Å². The van der Waals surface area contributed by atoms with Crippen molar-refractivity contribution in [2.45, 2.75) is 200 Å². The van der Waals surface area contributed by atoms with Crippen LogP contribution < -0.4 is 0 Å². The van der Waals surface area contributed by atoms with Gasteiger partial charge in [0.15, 0.2) is 0 Å². The van der Waals surface area contributed by atoms with Gasteiger partial charge in [-0.1, -0.05) is 141 Å². The number of aliphatic carboxylic acids is 2. The highest BCUT2D eigenvalue weighted by molar-refractivity contribution is 5.76. The highest BCUT2D eigenvalue weighted by atomic mass is 16.4. The molecule has 0 rings (SSSR count). The minimum atomic E-state index is -0.796. The van der Waals surface area contributed by atoms with Crippen LogP contribution in [0.5, 0.6) is 0 Å². The fraction of sp³-hybridized carbons (Fsp3) is 0.844. The molecule has 2 unspecified atom stereocenters. The molecule has 1 amide bonds. The number of carboxylic acids is 2. The lowest BCUT2D eigenvalue weighted by Gasteiger charge is -2.26. The third-order valence-corrected chi connectivity index (χ3v) is 10.4. The highest BCUT2D eigenvalue weighted by Gasteiger charge is 2.23. The fourth-order valence-corrected chi connectivity index (χ4v) is 6.81. The van der Waals surface area contributed by atoms with Gasteiger partial charge in [-0.3, -0.25) is 14.4 Å². The average Bonchev–Trinajstić information content (AvgIpc) is 3.11. The summed E-state index contributed by atoms with van der Waals surface area (Å²) in [6, 6.07) is 0. The standard InChI is InChI=1S/C45H84N2O5/c1-5-7-9-11-13-15-17-19-21-23-25-27-29-31-33-41(44(49)50)35-39-47(43(48)37-38-46(3)4)40-36-42(45(51)52)34-32-30-28-26-24-22-20-18-16-14-12-10-8-6-2/h19-22,41-42H,5-18,23-40H2,1-4H3,(H,49,50)(H,51,52)/b21-19-,22-20-. The summed E-state index contributed by atoms with van der Waals surface area (Å²) in [5, 5.41) is 19.9. The Labute approximate surface area is 321 Å². The van der Waals surface area contributed by atoms with E-state index >= 15 is 0 Å². The summed E-state index contributed by atoms with van der Waals surface area (Å²) >= 11 is 0. The number of hydrogen-bond acceptors (Lipinski definition) is 4. The first-order valence-electron chi connectivity index (χ1n) is 21.9. The van der Waals surface area contributed by atoms with E-state index in [1.165, 1.54) is 89.9 Å². The number of rotatable bonds is 39.